The minimum atomic E-state index is -0.657. The summed E-state index contributed by atoms with van der Waals surface area (Å²) in [5, 5.41) is 16.3. The molecule has 4 rings (SSSR count). The number of hydrogen-bond donors (Lipinski definition) is 2. The van der Waals surface area contributed by atoms with E-state index in [-0.39, 0.29) is 11.7 Å². The van der Waals surface area contributed by atoms with E-state index in [0.29, 0.717) is 33.4 Å². The van der Waals surface area contributed by atoms with E-state index in [1.54, 1.807) is 30.3 Å². The van der Waals surface area contributed by atoms with Crippen molar-refractivity contribution in [2.75, 3.05) is 21.3 Å². The Balaban J connectivity index is 1.84. The average Bonchev–Trinajstić information content (AvgIpc) is 2.87. The summed E-state index contributed by atoms with van der Waals surface area (Å²) in [7, 11) is 4.48. The first-order valence-corrected chi connectivity index (χ1v) is 10.9. The van der Waals surface area contributed by atoms with Crippen molar-refractivity contribution in [1.82, 2.24) is 5.32 Å². The van der Waals surface area contributed by atoms with E-state index in [0.717, 1.165) is 16.3 Å². The first kappa shape index (κ1) is 23.3. The van der Waals surface area contributed by atoms with Crippen LogP contribution in [0.25, 0.3) is 10.8 Å². The van der Waals surface area contributed by atoms with Crippen LogP contribution in [0, 0.1) is 0 Å². The van der Waals surface area contributed by atoms with Gasteiger partial charge < -0.3 is 24.6 Å². The average molecular weight is 478 g/mol. The van der Waals surface area contributed by atoms with Gasteiger partial charge in [-0.1, -0.05) is 54.1 Å². The highest BCUT2D eigenvalue weighted by atomic mass is 35.5. The number of ether oxygens (including phenoxy) is 3. The number of halogens is 1. The lowest BCUT2D eigenvalue weighted by atomic mass is 9.92. The Morgan fingerprint density at radius 3 is 2.15 bits per heavy atom. The fourth-order valence-corrected chi connectivity index (χ4v) is 4.12. The predicted molar refractivity (Wildman–Crippen MR) is 132 cm³/mol. The van der Waals surface area contributed by atoms with E-state index in [1.165, 1.54) is 21.3 Å². The maximum Gasteiger partial charge on any atom is 0.252 e. The number of rotatable bonds is 7. The first-order valence-electron chi connectivity index (χ1n) is 10.5. The number of benzene rings is 4. The van der Waals surface area contributed by atoms with Crippen LogP contribution in [0.15, 0.2) is 72.8 Å². The van der Waals surface area contributed by atoms with Gasteiger partial charge in [0.2, 0.25) is 5.75 Å². The van der Waals surface area contributed by atoms with Crippen molar-refractivity contribution in [3.05, 3.63) is 94.5 Å². The second-order valence-corrected chi connectivity index (χ2v) is 8.03. The van der Waals surface area contributed by atoms with E-state index in [9.17, 15) is 9.90 Å². The zero-order valence-corrected chi connectivity index (χ0v) is 19.7. The Kier molecular flexibility index (Phi) is 6.80. The van der Waals surface area contributed by atoms with Gasteiger partial charge in [0.15, 0.2) is 11.5 Å². The number of phenols is 1. The Morgan fingerprint density at radius 1 is 0.882 bits per heavy atom. The van der Waals surface area contributed by atoms with Gasteiger partial charge >= 0.3 is 0 Å². The van der Waals surface area contributed by atoms with Gasteiger partial charge in [0.05, 0.1) is 27.4 Å². The molecule has 1 unspecified atom stereocenters. The van der Waals surface area contributed by atoms with E-state index in [2.05, 4.69) is 5.32 Å². The number of fused-ring (bicyclic) bond motifs is 1. The zero-order valence-electron chi connectivity index (χ0n) is 19.0. The smallest absolute Gasteiger partial charge is 0.252 e. The number of carbonyl (C=O) groups is 1. The highest BCUT2D eigenvalue weighted by molar-refractivity contribution is 6.30. The topological polar surface area (TPSA) is 77.0 Å². The third-order valence-corrected chi connectivity index (χ3v) is 5.89. The molecule has 0 saturated carbocycles. The van der Waals surface area contributed by atoms with Crippen molar-refractivity contribution in [2.45, 2.75) is 6.04 Å². The number of amides is 1. The molecular weight excluding hydrogens is 454 g/mol. The third-order valence-electron chi connectivity index (χ3n) is 5.64. The zero-order chi connectivity index (χ0) is 24.2. The molecule has 0 aromatic heterocycles. The Labute approximate surface area is 202 Å². The van der Waals surface area contributed by atoms with E-state index in [1.807, 2.05) is 42.5 Å². The quantitative estimate of drug-likeness (QED) is 0.354. The summed E-state index contributed by atoms with van der Waals surface area (Å²) in [5.41, 5.74) is 1.66. The highest BCUT2D eigenvalue weighted by Gasteiger charge is 2.25. The standard InChI is InChI=1S/C27H24ClNO5/c1-32-22-14-18(15-23(33-2)26(22)34-3)27(31)29-25(17-8-11-19(28)12-9-17)24-20-7-5-4-6-16(20)10-13-21(24)30/h4-15,25,30H,1-3H3,(H,29,31). The lowest BCUT2D eigenvalue weighted by Gasteiger charge is -2.23. The van der Waals surface area contributed by atoms with Gasteiger partial charge in [0, 0.05) is 16.1 Å². The summed E-state index contributed by atoms with van der Waals surface area (Å²) >= 11 is 6.11. The molecule has 0 spiro atoms. The van der Waals surface area contributed by atoms with Crippen molar-refractivity contribution >= 4 is 28.3 Å². The monoisotopic (exact) mass is 477 g/mol. The van der Waals surface area contributed by atoms with Crippen molar-refractivity contribution in [1.29, 1.82) is 0 Å². The van der Waals surface area contributed by atoms with Crippen LogP contribution in [0.1, 0.15) is 27.5 Å². The van der Waals surface area contributed by atoms with Gasteiger partial charge in [0.25, 0.3) is 5.91 Å². The maximum atomic E-state index is 13.5. The van der Waals surface area contributed by atoms with Gasteiger partial charge in [-0.15, -0.1) is 0 Å². The second-order valence-electron chi connectivity index (χ2n) is 7.59. The minimum absolute atomic E-state index is 0.0730. The van der Waals surface area contributed by atoms with Crippen LogP contribution < -0.4 is 19.5 Å². The number of methoxy groups -OCH3 is 3. The molecule has 0 fully saturated rings. The van der Waals surface area contributed by atoms with Gasteiger partial charge in [0.1, 0.15) is 5.75 Å². The molecule has 0 saturated heterocycles. The third kappa shape index (κ3) is 4.45. The van der Waals surface area contributed by atoms with Gasteiger partial charge in [-0.2, -0.15) is 0 Å². The van der Waals surface area contributed by atoms with Gasteiger partial charge in [-0.25, -0.2) is 0 Å². The molecule has 0 aliphatic carbocycles. The van der Waals surface area contributed by atoms with Crippen LogP contribution in [0.5, 0.6) is 23.0 Å². The van der Waals surface area contributed by atoms with Crippen LogP contribution in [0.4, 0.5) is 0 Å². The molecular formula is C27H24ClNO5. The van der Waals surface area contributed by atoms with Crippen molar-refractivity contribution in [2.24, 2.45) is 0 Å². The van der Waals surface area contributed by atoms with Gasteiger partial charge in [-0.05, 0) is 46.7 Å². The second kappa shape index (κ2) is 9.93. The summed E-state index contributed by atoms with van der Waals surface area (Å²) < 4.78 is 16.1. The molecule has 0 bridgehead atoms. The lowest BCUT2D eigenvalue weighted by Crippen LogP contribution is -2.29. The normalized spacial score (nSPS) is 11.6. The number of phenolic OH excluding ortho intramolecular Hbond substituents is 1. The Hall–Kier alpha value is -3.90. The summed E-state index contributed by atoms with van der Waals surface area (Å²) in [4.78, 5) is 13.5. The van der Waals surface area contributed by atoms with Gasteiger partial charge in [-0.3, -0.25) is 4.79 Å². The molecule has 4 aromatic carbocycles. The number of carbonyl (C=O) groups excluding carboxylic acids is 1. The Bertz CT molecular complexity index is 1310. The molecule has 0 aliphatic heterocycles. The fourth-order valence-electron chi connectivity index (χ4n) is 3.99. The molecule has 2 N–H and O–H groups in total. The van der Waals surface area contributed by atoms with Crippen LogP contribution >= 0.6 is 11.6 Å². The number of aromatic hydroxyl groups is 1. The van der Waals surface area contributed by atoms with E-state index >= 15 is 0 Å². The van der Waals surface area contributed by atoms with Crippen LogP contribution in [0.2, 0.25) is 5.02 Å². The molecule has 7 heteroatoms. The predicted octanol–water partition coefficient (Wildman–Crippen LogP) is 5.74. The molecule has 0 aliphatic rings. The molecule has 6 nitrogen and oxygen atoms in total. The molecule has 0 heterocycles. The van der Waals surface area contributed by atoms with Crippen molar-refractivity contribution in [3.63, 3.8) is 0 Å². The molecule has 1 atom stereocenters. The summed E-state index contributed by atoms with van der Waals surface area (Å²) in [6, 6.07) is 20.8. The summed E-state index contributed by atoms with van der Waals surface area (Å²) in [5.74, 6) is 0.809. The molecule has 0 radical (unpaired) electrons. The van der Waals surface area contributed by atoms with Crippen LogP contribution in [-0.4, -0.2) is 32.3 Å². The fraction of sp³-hybridized carbons (Fsp3) is 0.148. The van der Waals surface area contributed by atoms with Crippen molar-refractivity contribution < 1.29 is 24.1 Å². The highest BCUT2D eigenvalue weighted by Crippen LogP contribution is 2.39. The molecule has 34 heavy (non-hydrogen) atoms. The van der Waals surface area contributed by atoms with Crippen LogP contribution in [0.3, 0.4) is 0 Å². The first-order chi connectivity index (χ1) is 16.5. The van der Waals surface area contributed by atoms with E-state index < -0.39 is 6.04 Å². The SMILES string of the molecule is COc1cc(C(=O)NC(c2ccc(Cl)cc2)c2c(O)ccc3ccccc23)cc(OC)c1OC. The minimum Gasteiger partial charge on any atom is -0.508 e. The lowest BCUT2D eigenvalue weighted by molar-refractivity contribution is 0.0942. The molecule has 1 amide bonds. The molecule has 4 aromatic rings. The number of hydrogen-bond acceptors (Lipinski definition) is 5. The van der Waals surface area contributed by atoms with Crippen molar-refractivity contribution in [3.8, 4) is 23.0 Å². The largest absolute Gasteiger partial charge is 0.508 e. The number of nitrogens with one attached hydrogen (secondary N) is 1. The Morgan fingerprint density at radius 2 is 1.53 bits per heavy atom. The summed E-state index contributed by atoms with van der Waals surface area (Å²) in [6.07, 6.45) is 0. The maximum absolute atomic E-state index is 13.5. The molecule has 174 valence electrons. The summed E-state index contributed by atoms with van der Waals surface area (Å²) in [6.45, 7) is 0. The van der Waals surface area contributed by atoms with Crippen LogP contribution in [-0.2, 0) is 0 Å². The van der Waals surface area contributed by atoms with E-state index in [4.69, 9.17) is 25.8 Å².